The van der Waals surface area contributed by atoms with Gasteiger partial charge in [0.2, 0.25) is 0 Å². The number of hydrogen-bond acceptors (Lipinski definition) is 4. The van der Waals surface area contributed by atoms with Crippen molar-refractivity contribution >= 4 is 27.4 Å². The van der Waals surface area contributed by atoms with Crippen molar-refractivity contribution in [3.05, 3.63) is 41.5 Å². The molecule has 3 aromatic rings. The maximum atomic E-state index is 4.91. The molecule has 0 bridgehead atoms. The lowest BCUT2D eigenvalue weighted by Gasteiger charge is -2.22. The van der Waals surface area contributed by atoms with Crippen LogP contribution in [-0.2, 0) is 6.54 Å². The molecular weight excluding hydrogens is 328 g/mol. The lowest BCUT2D eigenvalue weighted by Crippen LogP contribution is -3.11. The number of nitrogens with zero attached hydrogens (tertiary/aromatic N) is 2. The number of hydrogen-bond donors (Lipinski definition) is 2. The van der Waals surface area contributed by atoms with Gasteiger partial charge in [0.1, 0.15) is 17.2 Å². The van der Waals surface area contributed by atoms with Crippen LogP contribution in [0.5, 0.6) is 0 Å². The Bertz CT molecular complexity index is 838. The van der Waals surface area contributed by atoms with Gasteiger partial charge in [-0.25, -0.2) is 9.97 Å². The summed E-state index contributed by atoms with van der Waals surface area (Å²) in [6.07, 6.45) is 4.03. The van der Waals surface area contributed by atoms with Gasteiger partial charge in [-0.15, -0.1) is 11.3 Å². The van der Waals surface area contributed by atoms with Gasteiger partial charge in [0, 0.05) is 17.5 Å². The summed E-state index contributed by atoms with van der Waals surface area (Å²) in [6.45, 7) is 6.42. The molecule has 130 valence electrons. The SMILES string of the molecule is CCNc1nc(C[NH+]2CCCCC2)nc2scc(-c3ccccc3)c12. The quantitative estimate of drug-likeness (QED) is 0.739. The van der Waals surface area contributed by atoms with E-state index >= 15 is 0 Å². The summed E-state index contributed by atoms with van der Waals surface area (Å²) in [4.78, 5) is 12.5. The number of fused-ring (bicyclic) bond motifs is 1. The molecule has 0 amide bonds. The highest BCUT2D eigenvalue weighted by molar-refractivity contribution is 7.17. The van der Waals surface area contributed by atoms with Crippen molar-refractivity contribution in [2.45, 2.75) is 32.7 Å². The Kier molecular flexibility index (Phi) is 4.95. The van der Waals surface area contributed by atoms with Gasteiger partial charge >= 0.3 is 0 Å². The van der Waals surface area contributed by atoms with E-state index in [1.165, 1.54) is 43.5 Å². The van der Waals surface area contributed by atoms with Gasteiger partial charge in [0.05, 0.1) is 18.5 Å². The minimum Gasteiger partial charge on any atom is -0.370 e. The molecule has 2 N–H and O–H groups in total. The van der Waals surface area contributed by atoms with Crippen LogP contribution in [0.25, 0.3) is 21.3 Å². The fourth-order valence-corrected chi connectivity index (χ4v) is 4.61. The summed E-state index contributed by atoms with van der Waals surface area (Å²) in [6, 6.07) is 10.5. The first-order chi connectivity index (χ1) is 12.3. The van der Waals surface area contributed by atoms with Crippen LogP contribution in [-0.4, -0.2) is 29.6 Å². The third-order valence-corrected chi connectivity index (χ3v) is 5.75. The number of piperidine rings is 1. The number of rotatable bonds is 5. The summed E-state index contributed by atoms with van der Waals surface area (Å²) >= 11 is 1.72. The average molecular weight is 354 g/mol. The Labute approximate surface area is 152 Å². The molecule has 5 heteroatoms. The summed E-state index contributed by atoms with van der Waals surface area (Å²) in [5.74, 6) is 1.96. The van der Waals surface area contributed by atoms with E-state index in [4.69, 9.17) is 9.97 Å². The predicted molar refractivity (Wildman–Crippen MR) is 105 cm³/mol. The maximum absolute atomic E-state index is 4.91. The molecule has 0 radical (unpaired) electrons. The van der Waals surface area contributed by atoms with E-state index in [9.17, 15) is 0 Å². The van der Waals surface area contributed by atoms with E-state index in [-0.39, 0.29) is 0 Å². The van der Waals surface area contributed by atoms with Crippen molar-refractivity contribution in [1.82, 2.24) is 9.97 Å². The predicted octanol–water partition coefficient (Wildman–Crippen LogP) is 3.36. The molecule has 25 heavy (non-hydrogen) atoms. The fourth-order valence-electron chi connectivity index (χ4n) is 3.64. The highest BCUT2D eigenvalue weighted by Crippen LogP contribution is 2.36. The van der Waals surface area contributed by atoms with Gasteiger partial charge in [-0.1, -0.05) is 30.3 Å². The van der Waals surface area contributed by atoms with Crippen LogP contribution < -0.4 is 10.2 Å². The molecule has 0 saturated carbocycles. The molecule has 4 nitrogen and oxygen atoms in total. The topological polar surface area (TPSA) is 42.2 Å². The molecule has 4 rings (SSSR count). The molecule has 0 aliphatic carbocycles. The Morgan fingerprint density at radius 1 is 1.08 bits per heavy atom. The molecule has 1 fully saturated rings. The van der Waals surface area contributed by atoms with E-state index in [1.807, 2.05) is 0 Å². The van der Waals surface area contributed by atoms with Crippen LogP contribution in [0.4, 0.5) is 5.82 Å². The van der Waals surface area contributed by atoms with E-state index in [0.29, 0.717) is 0 Å². The number of aromatic nitrogens is 2. The largest absolute Gasteiger partial charge is 0.370 e. The number of benzene rings is 1. The van der Waals surface area contributed by atoms with E-state index in [0.717, 1.165) is 34.9 Å². The van der Waals surface area contributed by atoms with Crippen molar-refractivity contribution in [1.29, 1.82) is 0 Å². The Morgan fingerprint density at radius 2 is 1.88 bits per heavy atom. The van der Waals surface area contributed by atoms with Gasteiger partial charge < -0.3 is 10.2 Å². The van der Waals surface area contributed by atoms with Crippen LogP contribution in [0.2, 0.25) is 0 Å². The van der Waals surface area contributed by atoms with Crippen LogP contribution in [0.1, 0.15) is 32.0 Å². The zero-order valence-electron chi connectivity index (χ0n) is 14.7. The zero-order chi connectivity index (χ0) is 17.1. The van der Waals surface area contributed by atoms with Gasteiger partial charge in [-0.3, -0.25) is 0 Å². The zero-order valence-corrected chi connectivity index (χ0v) is 15.5. The first kappa shape index (κ1) is 16.5. The molecule has 1 aliphatic heterocycles. The van der Waals surface area contributed by atoms with Crippen molar-refractivity contribution in [2.75, 3.05) is 25.0 Å². The molecule has 1 aromatic carbocycles. The van der Waals surface area contributed by atoms with Gasteiger partial charge in [-0.2, -0.15) is 0 Å². The van der Waals surface area contributed by atoms with E-state index in [2.05, 4.69) is 48.0 Å². The lowest BCUT2D eigenvalue weighted by molar-refractivity contribution is -0.919. The third kappa shape index (κ3) is 3.53. The molecular formula is C20H25N4S+. The Balaban J connectivity index is 1.73. The van der Waals surface area contributed by atoms with E-state index < -0.39 is 0 Å². The fraction of sp³-hybridized carbons (Fsp3) is 0.400. The van der Waals surface area contributed by atoms with Crippen molar-refractivity contribution in [3.8, 4) is 11.1 Å². The minimum absolute atomic E-state index is 0.867. The number of anilines is 1. The van der Waals surface area contributed by atoms with Crippen LogP contribution in [0.15, 0.2) is 35.7 Å². The molecule has 0 atom stereocenters. The average Bonchev–Trinajstić information content (AvgIpc) is 3.08. The maximum Gasteiger partial charge on any atom is 0.187 e. The monoisotopic (exact) mass is 353 g/mol. The van der Waals surface area contributed by atoms with E-state index in [1.54, 1.807) is 16.2 Å². The molecule has 0 unspecified atom stereocenters. The summed E-state index contributed by atoms with van der Waals surface area (Å²) < 4.78 is 0. The Hall–Kier alpha value is -1.98. The molecule has 1 aliphatic rings. The van der Waals surface area contributed by atoms with Crippen molar-refractivity contribution < 1.29 is 4.90 Å². The number of thiophene rings is 1. The van der Waals surface area contributed by atoms with Crippen LogP contribution in [0, 0.1) is 0 Å². The first-order valence-corrected chi connectivity index (χ1v) is 10.1. The lowest BCUT2D eigenvalue weighted by atomic mass is 10.1. The number of nitrogens with one attached hydrogen (secondary N) is 2. The minimum atomic E-state index is 0.867. The second-order valence-electron chi connectivity index (χ2n) is 6.70. The summed E-state index contributed by atoms with van der Waals surface area (Å²) in [7, 11) is 0. The molecule has 2 aromatic heterocycles. The summed E-state index contributed by atoms with van der Waals surface area (Å²) in [5, 5.41) is 6.85. The van der Waals surface area contributed by atoms with Crippen molar-refractivity contribution in [2.24, 2.45) is 0 Å². The van der Waals surface area contributed by atoms with Crippen LogP contribution in [0.3, 0.4) is 0 Å². The second-order valence-corrected chi connectivity index (χ2v) is 7.56. The normalized spacial score (nSPS) is 15.6. The molecule has 1 saturated heterocycles. The Morgan fingerprint density at radius 3 is 2.64 bits per heavy atom. The highest BCUT2D eigenvalue weighted by atomic mass is 32.1. The molecule has 3 heterocycles. The third-order valence-electron chi connectivity index (χ3n) is 4.88. The highest BCUT2D eigenvalue weighted by Gasteiger charge is 2.19. The standard InChI is InChI=1S/C20H24N4S/c1-2-21-19-18-16(15-9-5-3-6-10-15)14-25-20(18)23-17(22-19)13-24-11-7-4-8-12-24/h3,5-6,9-10,14H,2,4,7-8,11-13H2,1H3,(H,21,22,23)/p+1. The number of quaternary nitrogens is 1. The first-order valence-electron chi connectivity index (χ1n) is 9.26. The second kappa shape index (κ2) is 7.50. The van der Waals surface area contributed by atoms with Crippen LogP contribution >= 0.6 is 11.3 Å². The molecule has 0 spiro atoms. The van der Waals surface area contributed by atoms with Gasteiger partial charge in [0.25, 0.3) is 0 Å². The smallest absolute Gasteiger partial charge is 0.187 e. The summed E-state index contributed by atoms with van der Waals surface area (Å²) in [5.41, 5.74) is 2.46. The van der Waals surface area contributed by atoms with Gasteiger partial charge in [-0.05, 0) is 31.7 Å². The van der Waals surface area contributed by atoms with Crippen molar-refractivity contribution in [3.63, 3.8) is 0 Å². The number of likely N-dealkylation sites (tertiary alicyclic amines) is 1. The van der Waals surface area contributed by atoms with Gasteiger partial charge in [0.15, 0.2) is 5.82 Å².